The maximum absolute atomic E-state index is 12.0. The summed E-state index contributed by atoms with van der Waals surface area (Å²) in [7, 11) is 0. The number of ether oxygens (including phenoxy) is 1. The van der Waals surface area contributed by atoms with E-state index in [4.69, 9.17) is 5.73 Å². The van der Waals surface area contributed by atoms with Crippen molar-refractivity contribution < 1.29 is 17.9 Å². The number of alkyl halides is 3. The van der Waals surface area contributed by atoms with Gasteiger partial charge in [-0.2, -0.15) is 0 Å². The minimum atomic E-state index is -4.66. The molecule has 1 aromatic heterocycles. The molecule has 0 atom stereocenters. The van der Waals surface area contributed by atoms with Crippen LogP contribution in [0.15, 0.2) is 35.7 Å². The number of halogens is 3. The van der Waals surface area contributed by atoms with E-state index in [-0.39, 0.29) is 5.75 Å². The van der Waals surface area contributed by atoms with Crippen molar-refractivity contribution in [3.8, 4) is 16.9 Å². The van der Waals surface area contributed by atoms with Crippen LogP contribution in [0.2, 0.25) is 0 Å². The number of hydrogen-bond acceptors (Lipinski definition) is 3. The zero-order valence-corrected chi connectivity index (χ0v) is 10.0. The average molecular weight is 273 g/mol. The molecule has 2 rings (SSSR count). The van der Waals surface area contributed by atoms with Crippen LogP contribution in [0.25, 0.3) is 11.1 Å². The Morgan fingerprint density at radius 3 is 2.33 bits per heavy atom. The van der Waals surface area contributed by atoms with Gasteiger partial charge in [-0.15, -0.1) is 24.5 Å². The first kappa shape index (κ1) is 12.9. The van der Waals surface area contributed by atoms with Gasteiger partial charge in [0, 0.05) is 11.4 Å². The van der Waals surface area contributed by atoms with E-state index in [1.54, 1.807) is 12.1 Å². The third kappa shape index (κ3) is 3.02. The van der Waals surface area contributed by atoms with Gasteiger partial charge in [-0.3, -0.25) is 0 Å². The highest BCUT2D eigenvalue weighted by Gasteiger charge is 2.30. The Balaban J connectivity index is 2.23. The van der Waals surface area contributed by atoms with Crippen LogP contribution >= 0.6 is 11.3 Å². The second-order valence-corrected chi connectivity index (χ2v) is 4.53. The topological polar surface area (TPSA) is 35.2 Å². The zero-order valence-electron chi connectivity index (χ0n) is 9.20. The zero-order chi connectivity index (χ0) is 13.2. The van der Waals surface area contributed by atoms with Crippen LogP contribution in [0.4, 0.5) is 13.2 Å². The molecule has 0 spiro atoms. The largest absolute Gasteiger partial charge is 0.573 e. The molecule has 0 saturated heterocycles. The minimum absolute atomic E-state index is 0.226. The summed E-state index contributed by atoms with van der Waals surface area (Å²) in [6.45, 7) is 0.411. The summed E-state index contributed by atoms with van der Waals surface area (Å²) in [5.74, 6) is -0.226. The number of benzene rings is 1. The number of nitrogens with two attached hydrogens (primary N) is 1. The average Bonchev–Trinajstić information content (AvgIpc) is 2.76. The third-order valence-corrected chi connectivity index (χ3v) is 3.27. The highest BCUT2D eigenvalue weighted by molar-refractivity contribution is 7.10. The summed E-state index contributed by atoms with van der Waals surface area (Å²) in [5.41, 5.74) is 7.35. The number of thiophene rings is 1. The quantitative estimate of drug-likeness (QED) is 0.923. The molecular weight excluding hydrogens is 263 g/mol. The summed E-state index contributed by atoms with van der Waals surface area (Å²) in [4.78, 5) is 1.000. The van der Waals surface area contributed by atoms with E-state index in [9.17, 15) is 13.2 Å². The molecule has 0 amide bonds. The molecule has 0 aliphatic heterocycles. The third-order valence-electron chi connectivity index (χ3n) is 2.33. The molecule has 96 valence electrons. The van der Waals surface area contributed by atoms with Crippen molar-refractivity contribution in [1.29, 1.82) is 0 Å². The van der Waals surface area contributed by atoms with Crippen molar-refractivity contribution in [2.45, 2.75) is 12.9 Å². The summed E-state index contributed by atoms with van der Waals surface area (Å²) in [6.07, 6.45) is -4.66. The van der Waals surface area contributed by atoms with Crippen LogP contribution < -0.4 is 10.5 Å². The normalized spacial score (nSPS) is 11.6. The molecule has 1 aromatic carbocycles. The molecule has 0 fully saturated rings. The summed E-state index contributed by atoms with van der Waals surface area (Å²) < 4.78 is 39.8. The molecule has 18 heavy (non-hydrogen) atoms. The van der Waals surface area contributed by atoms with E-state index in [1.165, 1.54) is 23.5 Å². The first-order valence-corrected chi connectivity index (χ1v) is 6.00. The van der Waals surface area contributed by atoms with E-state index in [1.807, 2.05) is 11.4 Å². The fourth-order valence-electron chi connectivity index (χ4n) is 1.59. The van der Waals surface area contributed by atoms with Gasteiger partial charge in [0.2, 0.25) is 0 Å². The molecule has 0 radical (unpaired) electrons. The Morgan fingerprint density at radius 2 is 1.78 bits per heavy atom. The molecule has 2 nitrogen and oxygen atoms in total. The monoisotopic (exact) mass is 273 g/mol. The molecular formula is C12H10F3NOS. The smallest absolute Gasteiger partial charge is 0.406 e. The SMILES string of the molecule is NCc1sccc1-c1ccc(OC(F)(F)F)cc1. The fourth-order valence-corrected chi connectivity index (χ4v) is 2.37. The lowest BCUT2D eigenvalue weighted by atomic mass is 10.1. The van der Waals surface area contributed by atoms with Gasteiger partial charge in [0.15, 0.2) is 0 Å². The van der Waals surface area contributed by atoms with Crippen LogP contribution in [0.1, 0.15) is 4.88 Å². The van der Waals surface area contributed by atoms with Gasteiger partial charge in [0.05, 0.1) is 0 Å². The van der Waals surface area contributed by atoms with Crippen LogP contribution in [0.5, 0.6) is 5.75 Å². The highest BCUT2D eigenvalue weighted by atomic mass is 32.1. The van der Waals surface area contributed by atoms with Gasteiger partial charge in [-0.25, -0.2) is 0 Å². The summed E-state index contributed by atoms with van der Waals surface area (Å²) in [5, 5.41) is 1.90. The lowest BCUT2D eigenvalue weighted by molar-refractivity contribution is -0.274. The Hall–Kier alpha value is -1.53. The minimum Gasteiger partial charge on any atom is -0.406 e. The second-order valence-electron chi connectivity index (χ2n) is 3.53. The molecule has 0 saturated carbocycles. The predicted octanol–water partition coefficient (Wildman–Crippen LogP) is 3.77. The fraction of sp³-hybridized carbons (Fsp3) is 0.167. The van der Waals surface area contributed by atoms with Crippen molar-refractivity contribution in [2.24, 2.45) is 5.73 Å². The van der Waals surface area contributed by atoms with Gasteiger partial charge in [-0.05, 0) is 34.7 Å². The van der Waals surface area contributed by atoms with E-state index in [0.29, 0.717) is 6.54 Å². The molecule has 2 N–H and O–H groups in total. The highest BCUT2D eigenvalue weighted by Crippen LogP contribution is 2.30. The van der Waals surface area contributed by atoms with E-state index >= 15 is 0 Å². The Kier molecular flexibility index (Phi) is 3.58. The van der Waals surface area contributed by atoms with Crippen molar-refractivity contribution in [2.75, 3.05) is 0 Å². The van der Waals surface area contributed by atoms with Crippen molar-refractivity contribution in [3.63, 3.8) is 0 Å². The Morgan fingerprint density at radius 1 is 1.11 bits per heavy atom. The van der Waals surface area contributed by atoms with Crippen molar-refractivity contribution in [1.82, 2.24) is 0 Å². The molecule has 0 unspecified atom stereocenters. The van der Waals surface area contributed by atoms with Gasteiger partial charge in [0.1, 0.15) is 5.75 Å². The number of rotatable bonds is 3. The molecule has 0 bridgehead atoms. The van der Waals surface area contributed by atoms with Gasteiger partial charge >= 0.3 is 6.36 Å². The van der Waals surface area contributed by atoms with Gasteiger partial charge in [0.25, 0.3) is 0 Å². The Labute approximate surface area is 106 Å². The molecule has 6 heteroatoms. The van der Waals surface area contributed by atoms with Crippen LogP contribution in [0, 0.1) is 0 Å². The summed E-state index contributed by atoms with van der Waals surface area (Å²) >= 11 is 1.52. The number of hydrogen-bond donors (Lipinski definition) is 1. The van der Waals surface area contributed by atoms with Crippen molar-refractivity contribution >= 4 is 11.3 Å². The first-order chi connectivity index (χ1) is 8.49. The van der Waals surface area contributed by atoms with Gasteiger partial charge < -0.3 is 10.5 Å². The second kappa shape index (κ2) is 4.99. The summed E-state index contributed by atoms with van der Waals surface area (Å²) in [6, 6.07) is 7.65. The predicted molar refractivity (Wildman–Crippen MR) is 64.3 cm³/mol. The van der Waals surface area contributed by atoms with Crippen molar-refractivity contribution in [3.05, 3.63) is 40.6 Å². The lowest BCUT2D eigenvalue weighted by Gasteiger charge is -2.09. The molecule has 0 aliphatic carbocycles. The van der Waals surface area contributed by atoms with Gasteiger partial charge in [-0.1, -0.05) is 12.1 Å². The maximum atomic E-state index is 12.0. The molecule has 0 aliphatic rings. The lowest BCUT2D eigenvalue weighted by Crippen LogP contribution is -2.16. The van der Waals surface area contributed by atoms with Crippen LogP contribution in [-0.4, -0.2) is 6.36 Å². The first-order valence-electron chi connectivity index (χ1n) is 5.12. The van der Waals surface area contributed by atoms with E-state index < -0.39 is 6.36 Å². The Bertz CT molecular complexity index is 519. The van der Waals surface area contributed by atoms with E-state index in [2.05, 4.69) is 4.74 Å². The maximum Gasteiger partial charge on any atom is 0.573 e. The molecule has 1 heterocycles. The van der Waals surface area contributed by atoms with Crippen LogP contribution in [0.3, 0.4) is 0 Å². The van der Waals surface area contributed by atoms with Crippen LogP contribution in [-0.2, 0) is 6.54 Å². The standard InChI is InChI=1S/C12H10F3NOS/c13-12(14,15)17-9-3-1-8(2-4-9)10-5-6-18-11(10)7-16/h1-6H,7,16H2. The van der Waals surface area contributed by atoms with E-state index in [0.717, 1.165) is 16.0 Å². The molecule has 2 aromatic rings.